The number of hydrogen-bond donors (Lipinski definition) is 2. The SMILES string of the molecule is CC(NCC(O)COc1ccc2c(c1)CCC2)c1ccc(-n2cnnn2)cc1. The van der Waals surface area contributed by atoms with Crippen LogP contribution in [0.1, 0.15) is 36.1 Å². The zero-order chi connectivity index (χ0) is 19.3. The van der Waals surface area contributed by atoms with Crippen LogP contribution in [0.4, 0.5) is 0 Å². The van der Waals surface area contributed by atoms with Gasteiger partial charge in [-0.05, 0) is 77.6 Å². The van der Waals surface area contributed by atoms with Crippen LogP contribution in [0.25, 0.3) is 5.69 Å². The lowest BCUT2D eigenvalue weighted by molar-refractivity contribution is 0.104. The largest absolute Gasteiger partial charge is 0.491 e. The molecular weight excluding hydrogens is 354 g/mol. The maximum absolute atomic E-state index is 10.3. The number of fused-ring (bicyclic) bond motifs is 1. The molecule has 1 aliphatic rings. The van der Waals surface area contributed by atoms with Crippen LogP contribution in [0.2, 0.25) is 0 Å². The summed E-state index contributed by atoms with van der Waals surface area (Å²) in [5.41, 5.74) is 4.84. The summed E-state index contributed by atoms with van der Waals surface area (Å²) in [6.45, 7) is 2.80. The zero-order valence-electron chi connectivity index (χ0n) is 16.0. The average Bonchev–Trinajstić information content (AvgIpc) is 3.42. The minimum atomic E-state index is -0.573. The maximum Gasteiger partial charge on any atom is 0.143 e. The molecule has 1 aliphatic carbocycles. The molecule has 0 amide bonds. The minimum Gasteiger partial charge on any atom is -0.491 e. The Hall–Kier alpha value is -2.77. The van der Waals surface area contributed by atoms with E-state index in [1.807, 2.05) is 30.3 Å². The van der Waals surface area contributed by atoms with Crippen molar-refractivity contribution < 1.29 is 9.84 Å². The van der Waals surface area contributed by atoms with Crippen molar-refractivity contribution in [1.29, 1.82) is 0 Å². The Bertz CT molecular complexity index is 896. The van der Waals surface area contributed by atoms with Crippen molar-refractivity contribution in [2.75, 3.05) is 13.2 Å². The van der Waals surface area contributed by atoms with Crippen molar-refractivity contribution in [3.05, 3.63) is 65.5 Å². The summed E-state index contributed by atoms with van der Waals surface area (Å²) >= 11 is 0. The standard InChI is InChI=1S/C21H25N5O2/c1-15(16-5-8-19(9-6-16)26-14-23-24-25-26)22-12-20(27)13-28-21-10-7-17-3-2-4-18(17)11-21/h5-11,14-15,20,22,27H,2-4,12-13H2,1H3. The molecule has 0 saturated carbocycles. The predicted molar refractivity (Wildman–Crippen MR) is 106 cm³/mol. The number of benzene rings is 2. The first-order chi connectivity index (χ1) is 13.7. The van der Waals surface area contributed by atoms with Gasteiger partial charge in [-0.1, -0.05) is 18.2 Å². The van der Waals surface area contributed by atoms with Gasteiger partial charge in [0, 0.05) is 12.6 Å². The molecule has 3 aromatic rings. The molecule has 4 rings (SSSR count). The van der Waals surface area contributed by atoms with Crippen molar-refractivity contribution in [1.82, 2.24) is 25.5 Å². The minimum absolute atomic E-state index is 0.109. The number of hydrogen-bond acceptors (Lipinski definition) is 6. The molecule has 28 heavy (non-hydrogen) atoms. The van der Waals surface area contributed by atoms with Crippen LogP contribution in [0.15, 0.2) is 48.8 Å². The van der Waals surface area contributed by atoms with Gasteiger partial charge in [0.1, 0.15) is 24.8 Å². The summed E-state index contributed by atoms with van der Waals surface area (Å²) in [4.78, 5) is 0. The monoisotopic (exact) mass is 379 g/mol. The highest BCUT2D eigenvalue weighted by atomic mass is 16.5. The van der Waals surface area contributed by atoms with Crippen LogP contribution in [0.3, 0.4) is 0 Å². The number of nitrogens with zero attached hydrogens (tertiary/aromatic N) is 4. The molecule has 0 spiro atoms. The number of aryl methyl sites for hydroxylation is 2. The summed E-state index contributed by atoms with van der Waals surface area (Å²) in [6.07, 6.45) is 4.50. The van der Waals surface area contributed by atoms with E-state index in [0.29, 0.717) is 6.54 Å². The van der Waals surface area contributed by atoms with Crippen LogP contribution in [0, 0.1) is 0 Å². The Kier molecular flexibility index (Phi) is 5.64. The molecule has 0 bridgehead atoms. The fourth-order valence-electron chi connectivity index (χ4n) is 3.52. The lowest BCUT2D eigenvalue weighted by Crippen LogP contribution is -2.33. The third kappa shape index (κ3) is 4.37. The number of rotatable bonds is 8. The summed E-state index contributed by atoms with van der Waals surface area (Å²) in [6, 6.07) is 14.4. The second-order valence-electron chi connectivity index (χ2n) is 7.22. The summed E-state index contributed by atoms with van der Waals surface area (Å²) < 4.78 is 7.39. The molecule has 7 nitrogen and oxygen atoms in total. The third-order valence-corrected chi connectivity index (χ3v) is 5.18. The van der Waals surface area contributed by atoms with E-state index in [1.165, 1.54) is 17.5 Å². The van der Waals surface area contributed by atoms with Crippen LogP contribution < -0.4 is 10.1 Å². The van der Waals surface area contributed by atoms with E-state index in [-0.39, 0.29) is 12.6 Å². The zero-order valence-corrected chi connectivity index (χ0v) is 16.0. The Labute approximate surface area is 164 Å². The first-order valence-corrected chi connectivity index (χ1v) is 9.68. The quantitative estimate of drug-likeness (QED) is 0.624. The molecule has 0 radical (unpaired) electrons. The molecule has 7 heteroatoms. The number of aliphatic hydroxyl groups is 1. The van der Waals surface area contributed by atoms with Crippen molar-refractivity contribution in [3.63, 3.8) is 0 Å². The Morgan fingerprint density at radius 3 is 2.75 bits per heavy atom. The molecule has 2 aromatic carbocycles. The van der Waals surface area contributed by atoms with Crippen LogP contribution >= 0.6 is 0 Å². The van der Waals surface area contributed by atoms with E-state index in [2.05, 4.69) is 39.9 Å². The molecule has 2 atom stereocenters. The molecule has 0 aliphatic heterocycles. The van der Waals surface area contributed by atoms with Gasteiger partial charge in [-0.3, -0.25) is 0 Å². The maximum atomic E-state index is 10.3. The number of tetrazole rings is 1. The third-order valence-electron chi connectivity index (χ3n) is 5.18. The lowest BCUT2D eigenvalue weighted by atomic mass is 10.1. The number of nitrogens with one attached hydrogen (secondary N) is 1. The molecule has 0 fully saturated rings. The number of aromatic nitrogens is 4. The van der Waals surface area contributed by atoms with E-state index in [4.69, 9.17) is 4.74 Å². The highest BCUT2D eigenvalue weighted by Crippen LogP contribution is 2.26. The van der Waals surface area contributed by atoms with E-state index in [0.717, 1.165) is 29.8 Å². The Balaban J connectivity index is 1.24. The van der Waals surface area contributed by atoms with Gasteiger partial charge in [0.05, 0.1) is 5.69 Å². The fourth-order valence-corrected chi connectivity index (χ4v) is 3.52. The second-order valence-corrected chi connectivity index (χ2v) is 7.22. The van der Waals surface area contributed by atoms with Gasteiger partial charge in [-0.2, -0.15) is 0 Å². The predicted octanol–water partition coefficient (Wildman–Crippen LogP) is 2.24. The Morgan fingerprint density at radius 2 is 1.96 bits per heavy atom. The molecule has 1 aromatic heterocycles. The highest BCUT2D eigenvalue weighted by Gasteiger charge is 2.13. The van der Waals surface area contributed by atoms with Crippen molar-refractivity contribution >= 4 is 0 Å². The molecule has 0 saturated heterocycles. The first-order valence-electron chi connectivity index (χ1n) is 9.68. The second kappa shape index (κ2) is 8.50. The summed E-state index contributed by atoms with van der Waals surface area (Å²) in [7, 11) is 0. The van der Waals surface area contributed by atoms with Gasteiger partial charge in [-0.25, -0.2) is 4.68 Å². The van der Waals surface area contributed by atoms with Gasteiger partial charge in [-0.15, -0.1) is 5.10 Å². The molecular formula is C21H25N5O2. The normalized spacial score (nSPS) is 15.2. The first kappa shape index (κ1) is 18.6. The number of ether oxygens (including phenoxy) is 1. The van der Waals surface area contributed by atoms with E-state index in [1.54, 1.807) is 11.0 Å². The van der Waals surface area contributed by atoms with Gasteiger partial charge >= 0.3 is 0 Å². The van der Waals surface area contributed by atoms with Gasteiger partial charge in [0.2, 0.25) is 0 Å². The smallest absolute Gasteiger partial charge is 0.143 e. The lowest BCUT2D eigenvalue weighted by Gasteiger charge is -2.18. The molecule has 2 N–H and O–H groups in total. The number of aliphatic hydroxyl groups excluding tert-OH is 1. The fraction of sp³-hybridized carbons (Fsp3) is 0.381. The van der Waals surface area contributed by atoms with Gasteiger partial charge in [0.15, 0.2) is 0 Å². The Morgan fingerprint density at radius 1 is 1.14 bits per heavy atom. The van der Waals surface area contributed by atoms with E-state index in [9.17, 15) is 5.11 Å². The van der Waals surface area contributed by atoms with E-state index >= 15 is 0 Å². The molecule has 2 unspecified atom stereocenters. The van der Waals surface area contributed by atoms with Crippen molar-refractivity contribution in [2.45, 2.75) is 38.3 Å². The van der Waals surface area contributed by atoms with E-state index < -0.39 is 6.10 Å². The highest BCUT2D eigenvalue weighted by molar-refractivity contribution is 5.38. The van der Waals surface area contributed by atoms with Gasteiger partial charge < -0.3 is 15.2 Å². The summed E-state index contributed by atoms with van der Waals surface area (Å²) in [5.74, 6) is 0.839. The van der Waals surface area contributed by atoms with Crippen LogP contribution in [0.5, 0.6) is 5.75 Å². The average molecular weight is 379 g/mol. The topological polar surface area (TPSA) is 85.1 Å². The molecule has 146 valence electrons. The van der Waals surface area contributed by atoms with Crippen molar-refractivity contribution in [2.24, 2.45) is 0 Å². The van der Waals surface area contributed by atoms with Crippen molar-refractivity contribution in [3.8, 4) is 11.4 Å². The summed E-state index contributed by atoms with van der Waals surface area (Å²) in [5, 5.41) is 24.8. The van der Waals surface area contributed by atoms with Crippen LogP contribution in [-0.4, -0.2) is 44.6 Å². The van der Waals surface area contributed by atoms with Gasteiger partial charge in [0.25, 0.3) is 0 Å². The van der Waals surface area contributed by atoms with Crippen LogP contribution in [-0.2, 0) is 12.8 Å². The molecule has 1 heterocycles.